The number of carbonyl (C=O) groups excluding carboxylic acids is 1. The quantitative estimate of drug-likeness (QED) is 0.714. The molecule has 1 aliphatic heterocycles. The number of carboxylic acids is 1. The first-order valence-corrected chi connectivity index (χ1v) is 5.37. The zero-order chi connectivity index (χ0) is 11.3. The van der Waals surface area contributed by atoms with E-state index in [4.69, 9.17) is 5.11 Å². The number of nitrogens with one attached hydrogen (secondary N) is 1. The molecule has 0 saturated carbocycles. The molecular weight excluding hydrogens is 196 g/mol. The van der Waals surface area contributed by atoms with Crippen LogP contribution >= 0.6 is 0 Å². The van der Waals surface area contributed by atoms with Gasteiger partial charge in [0.25, 0.3) is 0 Å². The third-order valence-electron chi connectivity index (χ3n) is 2.65. The molecule has 0 aromatic carbocycles. The highest BCUT2D eigenvalue weighted by molar-refractivity contribution is 5.74. The summed E-state index contributed by atoms with van der Waals surface area (Å²) in [7, 11) is 0. The maximum absolute atomic E-state index is 11.3. The van der Waals surface area contributed by atoms with Crippen molar-refractivity contribution in [2.24, 2.45) is 5.92 Å². The van der Waals surface area contributed by atoms with Crippen molar-refractivity contribution in [3.8, 4) is 0 Å². The highest BCUT2D eigenvalue weighted by Gasteiger charge is 2.17. The van der Waals surface area contributed by atoms with Crippen molar-refractivity contribution in [3.63, 3.8) is 0 Å². The van der Waals surface area contributed by atoms with E-state index < -0.39 is 5.97 Å². The van der Waals surface area contributed by atoms with Gasteiger partial charge >= 0.3 is 12.0 Å². The van der Waals surface area contributed by atoms with Gasteiger partial charge in [0.2, 0.25) is 0 Å². The SMILES string of the molecule is CC(CCCN1CCCNC1=O)C(=O)O. The van der Waals surface area contributed by atoms with E-state index in [1.165, 1.54) is 0 Å². The zero-order valence-electron chi connectivity index (χ0n) is 9.03. The Morgan fingerprint density at radius 1 is 1.67 bits per heavy atom. The van der Waals surface area contributed by atoms with Gasteiger partial charge in [-0.05, 0) is 19.3 Å². The fourth-order valence-electron chi connectivity index (χ4n) is 1.60. The second-order valence-electron chi connectivity index (χ2n) is 3.95. The normalized spacial score (nSPS) is 18.5. The summed E-state index contributed by atoms with van der Waals surface area (Å²) in [5.74, 6) is -1.09. The molecule has 1 atom stereocenters. The van der Waals surface area contributed by atoms with E-state index in [1.807, 2.05) is 0 Å². The summed E-state index contributed by atoms with van der Waals surface area (Å²) < 4.78 is 0. The fourth-order valence-corrected chi connectivity index (χ4v) is 1.60. The summed E-state index contributed by atoms with van der Waals surface area (Å²) in [6, 6.07) is -0.0239. The molecule has 5 heteroatoms. The van der Waals surface area contributed by atoms with E-state index in [1.54, 1.807) is 11.8 Å². The topological polar surface area (TPSA) is 69.6 Å². The Hall–Kier alpha value is -1.26. The van der Waals surface area contributed by atoms with Crippen molar-refractivity contribution >= 4 is 12.0 Å². The van der Waals surface area contributed by atoms with Crippen molar-refractivity contribution in [2.75, 3.05) is 19.6 Å². The van der Waals surface area contributed by atoms with E-state index in [0.717, 1.165) is 25.9 Å². The van der Waals surface area contributed by atoms with Crippen LogP contribution in [0.4, 0.5) is 4.79 Å². The number of rotatable bonds is 5. The molecule has 1 rings (SSSR count). The summed E-state index contributed by atoms with van der Waals surface area (Å²) in [4.78, 5) is 23.6. The third kappa shape index (κ3) is 3.77. The van der Waals surface area contributed by atoms with Gasteiger partial charge in [-0.1, -0.05) is 6.92 Å². The van der Waals surface area contributed by atoms with E-state index in [0.29, 0.717) is 13.0 Å². The minimum absolute atomic E-state index is 0.0239. The van der Waals surface area contributed by atoms with E-state index >= 15 is 0 Å². The maximum atomic E-state index is 11.3. The van der Waals surface area contributed by atoms with Crippen LogP contribution in [0.25, 0.3) is 0 Å². The lowest BCUT2D eigenvalue weighted by Gasteiger charge is -2.27. The number of carboxylic acid groups (broad SMARTS) is 1. The van der Waals surface area contributed by atoms with Crippen LogP contribution in [0.1, 0.15) is 26.2 Å². The van der Waals surface area contributed by atoms with Crippen molar-refractivity contribution in [3.05, 3.63) is 0 Å². The molecule has 5 nitrogen and oxygen atoms in total. The predicted molar refractivity (Wildman–Crippen MR) is 55.6 cm³/mol. The van der Waals surface area contributed by atoms with Gasteiger partial charge in [0.1, 0.15) is 0 Å². The smallest absolute Gasteiger partial charge is 0.317 e. The van der Waals surface area contributed by atoms with E-state index in [9.17, 15) is 9.59 Å². The molecule has 0 aromatic heterocycles. The van der Waals surface area contributed by atoms with Crippen LogP contribution in [0.15, 0.2) is 0 Å². The highest BCUT2D eigenvalue weighted by atomic mass is 16.4. The van der Waals surface area contributed by atoms with E-state index in [2.05, 4.69) is 5.32 Å². The zero-order valence-corrected chi connectivity index (χ0v) is 9.03. The van der Waals surface area contributed by atoms with Crippen molar-refractivity contribution in [1.82, 2.24) is 10.2 Å². The summed E-state index contributed by atoms with van der Waals surface area (Å²) >= 11 is 0. The number of amides is 2. The van der Waals surface area contributed by atoms with Crippen LogP contribution in [0.2, 0.25) is 0 Å². The molecule has 1 fully saturated rings. The molecule has 86 valence electrons. The molecule has 0 bridgehead atoms. The Balaban J connectivity index is 2.19. The van der Waals surface area contributed by atoms with Crippen molar-refractivity contribution in [2.45, 2.75) is 26.2 Å². The highest BCUT2D eigenvalue weighted by Crippen LogP contribution is 2.08. The number of hydrogen-bond acceptors (Lipinski definition) is 2. The van der Waals surface area contributed by atoms with Gasteiger partial charge in [0, 0.05) is 19.6 Å². The second-order valence-corrected chi connectivity index (χ2v) is 3.95. The van der Waals surface area contributed by atoms with Gasteiger partial charge in [-0.15, -0.1) is 0 Å². The standard InChI is InChI=1S/C10H18N2O3/c1-8(9(13)14)4-2-6-12-7-3-5-11-10(12)15/h8H,2-7H2,1H3,(H,11,15)(H,13,14). The summed E-state index contributed by atoms with van der Waals surface area (Å²) in [6.45, 7) is 3.89. The Labute approximate surface area is 89.4 Å². The van der Waals surface area contributed by atoms with Gasteiger partial charge in [-0.25, -0.2) is 4.79 Å². The van der Waals surface area contributed by atoms with E-state index in [-0.39, 0.29) is 11.9 Å². The minimum atomic E-state index is -0.766. The Kier molecular flexibility index (Phi) is 4.39. The molecule has 1 unspecified atom stereocenters. The summed E-state index contributed by atoms with van der Waals surface area (Å²) in [5, 5.41) is 11.4. The lowest BCUT2D eigenvalue weighted by atomic mass is 10.1. The lowest BCUT2D eigenvalue weighted by molar-refractivity contribution is -0.141. The second kappa shape index (κ2) is 5.58. The average molecular weight is 214 g/mol. The van der Waals surface area contributed by atoms with Crippen LogP contribution in [0.3, 0.4) is 0 Å². The Bertz CT molecular complexity index is 243. The van der Waals surface area contributed by atoms with Gasteiger partial charge in [0.05, 0.1) is 5.92 Å². The predicted octanol–water partition coefficient (Wildman–Crippen LogP) is 0.903. The average Bonchev–Trinajstić information content (AvgIpc) is 2.20. The number of carbonyl (C=O) groups is 2. The summed E-state index contributed by atoms with van der Waals surface area (Å²) in [5.41, 5.74) is 0. The number of hydrogen-bond donors (Lipinski definition) is 2. The number of aliphatic carboxylic acids is 1. The first-order chi connectivity index (χ1) is 7.11. The molecule has 2 amide bonds. The molecule has 1 aliphatic rings. The molecule has 0 aromatic rings. The van der Waals surface area contributed by atoms with Crippen LogP contribution in [0, 0.1) is 5.92 Å². The van der Waals surface area contributed by atoms with Gasteiger partial charge < -0.3 is 15.3 Å². The lowest BCUT2D eigenvalue weighted by Crippen LogP contribution is -2.46. The van der Waals surface area contributed by atoms with Gasteiger partial charge in [-0.2, -0.15) is 0 Å². The molecule has 1 heterocycles. The van der Waals surface area contributed by atoms with Crippen molar-refractivity contribution in [1.29, 1.82) is 0 Å². The molecular formula is C10H18N2O3. The van der Waals surface area contributed by atoms with Crippen LogP contribution in [0.5, 0.6) is 0 Å². The third-order valence-corrected chi connectivity index (χ3v) is 2.65. The first kappa shape index (κ1) is 11.8. The summed E-state index contributed by atoms with van der Waals surface area (Å²) in [6.07, 6.45) is 2.35. The molecule has 1 saturated heterocycles. The number of nitrogens with zero attached hydrogens (tertiary/aromatic N) is 1. The molecule has 15 heavy (non-hydrogen) atoms. The van der Waals surface area contributed by atoms with Crippen molar-refractivity contribution < 1.29 is 14.7 Å². The van der Waals surface area contributed by atoms with Gasteiger partial charge in [-0.3, -0.25) is 4.79 Å². The van der Waals surface area contributed by atoms with Crippen LogP contribution in [-0.2, 0) is 4.79 Å². The van der Waals surface area contributed by atoms with Crippen LogP contribution in [-0.4, -0.2) is 41.6 Å². The largest absolute Gasteiger partial charge is 0.481 e. The fraction of sp³-hybridized carbons (Fsp3) is 0.800. The number of urea groups is 1. The molecule has 2 N–H and O–H groups in total. The molecule has 0 radical (unpaired) electrons. The molecule has 0 aliphatic carbocycles. The first-order valence-electron chi connectivity index (χ1n) is 5.37. The Morgan fingerprint density at radius 2 is 2.40 bits per heavy atom. The van der Waals surface area contributed by atoms with Gasteiger partial charge in [0.15, 0.2) is 0 Å². The van der Waals surface area contributed by atoms with Crippen LogP contribution < -0.4 is 5.32 Å². The minimum Gasteiger partial charge on any atom is -0.481 e. The Morgan fingerprint density at radius 3 is 3.00 bits per heavy atom. The maximum Gasteiger partial charge on any atom is 0.317 e. The molecule has 0 spiro atoms. The monoisotopic (exact) mass is 214 g/mol.